The first-order chi connectivity index (χ1) is 9.08. The van der Waals surface area contributed by atoms with E-state index in [-0.39, 0.29) is 16.5 Å². The summed E-state index contributed by atoms with van der Waals surface area (Å²) in [6.45, 7) is 1.85. The lowest BCUT2D eigenvalue weighted by atomic mass is 10.1. The van der Waals surface area contributed by atoms with Crippen molar-refractivity contribution in [2.24, 2.45) is 0 Å². The Hall–Kier alpha value is -2.69. The molecule has 5 heteroatoms. The lowest BCUT2D eigenvalue weighted by molar-refractivity contribution is -0.384. The zero-order chi connectivity index (χ0) is 13.6. The molecule has 3 aromatic rings. The first kappa shape index (κ1) is 11.4. The topological polar surface area (TPSA) is 73.3 Å². The minimum absolute atomic E-state index is 0.119. The Balaban J connectivity index is 2.51. The first-order valence-electron chi connectivity index (χ1n) is 5.68. The van der Waals surface area contributed by atoms with Crippen molar-refractivity contribution in [2.45, 2.75) is 6.92 Å². The lowest BCUT2D eigenvalue weighted by Gasteiger charge is -2.03. The molecule has 0 aliphatic rings. The Morgan fingerprint density at radius 2 is 1.95 bits per heavy atom. The molecule has 1 aromatic heterocycles. The van der Waals surface area contributed by atoms with Crippen LogP contribution in [0.4, 0.5) is 5.69 Å². The number of nitrogens with zero attached hydrogens (tertiary/aromatic N) is 1. The third-order valence-electron chi connectivity index (χ3n) is 3.09. The molecule has 0 unspecified atom stereocenters. The Morgan fingerprint density at radius 1 is 1.16 bits per heavy atom. The summed E-state index contributed by atoms with van der Waals surface area (Å²) in [7, 11) is 0. The number of benzene rings is 2. The highest BCUT2D eigenvalue weighted by atomic mass is 16.6. The quantitative estimate of drug-likeness (QED) is 0.380. The average molecular weight is 255 g/mol. The second-order valence-corrected chi connectivity index (χ2v) is 4.32. The number of fused-ring (bicyclic) bond motifs is 2. The molecule has 0 N–H and O–H groups in total. The second-order valence-electron chi connectivity index (χ2n) is 4.32. The smallest absolute Gasteiger partial charge is 0.270 e. The van der Waals surface area contributed by atoms with Gasteiger partial charge in [-0.25, -0.2) is 0 Å². The van der Waals surface area contributed by atoms with Crippen LogP contribution in [0.2, 0.25) is 0 Å². The Morgan fingerprint density at radius 3 is 2.68 bits per heavy atom. The van der Waals surface area contributed by atoms with Crippen LogP contribution in [0, 0.1) is 17.0 Å². The summed E-state index contributed by atoms with van der Waals surface area (Å²) in [4.78, 5) is 22.6. The molecule has 94 valence electrons. The van der Waals surface area contributed by atoms with E-state index in [2.05, 4.69) is 0 Å². The SMILES string of the molecule is Cc1cccc2c(=O)c3cc([N+](=O)[O-])ccc3oc12. The number of aryl methyl sites for hydroxylation is 1. The van der Waals surface area contributed by atoms with Crippen LogP contribution >= 0.6 is 0 Å². The monoisotopic (exact) mass is 255 g/mol. The van der Waals surface area contributed by atoms with Gasteiger partial charge in [-0.1, -0.05) is 12.1 Å². The van der Waals surface area contributed by atoms with E-state index in [1.54, 1.807) is 12.1 Å². The molecule has 0 spiro atoms. The first-order valence-corrected chi connectivity index (χ1v) is 5.68. The van der Waals surface area contributed by atoms with Gasteiger partial charge in [0.2, 0.25) is 5.43 Å². The fourth-order valence-electron chi connectivity index (χ4n) is 2.12. The summed E-state index contributed by atoms with van der Waals surface area (Å²) >= 11 is 0. The fraction of sp³-hybridized carbons (Fsp3) is 0.0714. The van der Waals surface area contributed by atoms with Crippen LogP contribution in [0.25, 0.3) is 21.9 Å². The van der Waals surface area contributed by atoms with Crippen LogP contribution in [0.15, 0.2) is 45.6 Å². The molecule has 0 saturated heterocycles. The molecule has 0 saturated carbocycles. The maximum Gasteiger partial charge on any atom is 0.270 e. The summed E-state index contributed by atoms with van der Waals surface area (Å²) in [6, 6.07) is 9.31. The maximum atomic E-state index is 12.3. The van der Waals surface area contributed by atoms with Gasteiger partial charge in [0, 0.05) is 12.1 Å². The Labute approximate surface area is 107 Å². The summed E-state index contributed by atoms with van der Waals surface area (Å²) in [5.74, 6) is 0. The minimum atomic E-state index is -0.528. The van der Waals surface area contributed by atoms with Crippen LogP contribution in [0.3, 0.4) is 0 Å². The number of para-hydroxylation sites is 1. The van der Waals surface area contributed by atoms with E-state index in [4.69, 9.17) is 4.42 Å². The highest BCUT2D eigenvalue weighted by Gasteiger charge is 2.13. The van der Waals surface area contributed by atoms with Gasteiger partial charge in [0.25, 0.3) is 5.69 Å². The van der Waals surface area contributed by atoms with Crippen molar-refractivity contribution in [3.05, 3.63) is 62.3 Å². The summed E-state index contributed by atoms with van der Waals surface area (Å²) < 4.78 is 5.67. The number of hydrogen-bond donors (Lipinski definition) is 0. The summed E-state index contributed by atoms with van der Waals surface area (Å²) in [5, 5.41) is 11.4. The van der Waals surface area contributed by atoms with Crippen LogP contribution in [-0.2, 0) is 0 Å². The van der Waals surface area contributed by atoms with Crippen LogP contribution in [-0.4, -0.2) is 4.92 Å². The highest BCUT2D eigenvalue weighted by Crippen LogP contribution is 2.24. The predicted octanol–water partition coefficient (Wildman–Crippen LogP) is 3.16. The number of non-ortho nitro benzene ring substituents is 1. The van der Waals surface area contributed by atoms with Crippen molar-refractivity contribution in [1.82, 2.24) is 0 Å². The van der Waals surface area contributed by atoms with Crippen molar-refractivity contribution < 1.29 is 9.34 Å². The summed E-state index contributed by atoms with van der Waals surface area (Å²) in [5.41, 5.74) is 1.37. The van der Waals surface area contributed by atoms with Gasteiger partial charge >= 0.3 is 0 Å². The average Bonchev–Trinajstić information content (AvgIpc) is 2.40. The van der Waals surface area contributed by atoms with Crippen LogP contribution in [0.5, 0.6) is 0 Å². The van der Waals surface area contributed by atoms with Gasteiger partial charge in [-0.2, -0.15) is 0 Å². The maximum absolute atomic E-state index is 12.3. The molecule has 5 nitrogen and oxygen atoms in total. The predicted molar refractivity (Wildman–Crippen MR) is 71.4 cm³/mol. The molecule has 0 radical (unpaired) electrons. The number of rotatable bonds is 1. The number of hydrogen-bond acceptors (Lipinski definition) is 4. The van der Waals surface area contributed by atoms with Crippen molar-refractivity contribution in [2.75, 3.05) is 0 Å². The lowest BCUT2D eigenvalue weighted by Crippen LogP contribution is -2.03. The van der Waals surface area contributed by atoms with E-state index in [1.165, 1.54) is 18.2 Å². The molecule has 2 aromatic carbocycles. The van der Waals surface area contributed by atoms with E-state index >= 15 is 0 Å². The molecule has 0 aliphatic carbocycles. The van der Waals surface area contributed by atoms with Crippen molar-refractivity contribution in [1.29, 1.82) is 0 Å². The molecule has 0 amide bonds. The Bertz CT molecular complexity index is 880. The number of nitro benzene ring substituents is 1. The molecule has 3 rings (SSSR count). The molecule has 0 atom stereocenters. The van der Waals surface area contributed by atoms with Gasteiger partial charge in [-0.15, -0.1) is 0 Å². The zero-order valence-electron chi connectivity index (χ0n) is 10.0. The van der Waals surface area contributed by atoms with Gasteiger partial charge in [0.15, 0.2) is 0 Å². The van der Waals surface area contributed by atoms with Crippen molar-refractivity contribution in [3.8, 4) is 0 Å². The minimum Gasteiger partial charge on any atom is -0.456 e. The third kappa shape index (κ3) is 1.67. The molecule has 0 bridgehead atoms. The van der Waals surface area contributed by atoms with Gasteiger partial charge in [-0.05, 0) is 24.6 Å². The van der Waals surface area contributed by atoms with Crippen LogP contribution < -0.4 is 5.43 Å². The number of nitro groups is 1. The van der Waals surface area contributed by atoms with Gasteiger partial charge in [-0.3, -0.25) is 14.9 Å². The molecule has 1 heterocycles. The third-order valence-corrected chi connectivity index (χ3v) is 3.09. The van der Waals surface area contributed by atoms with E-state index in [0.29, 0.717) is 16.6 Å². The standard InChI is InChI=1S/C14H9NO4/c1-8-3-2-4-10-13(16)11-7-9(15(17)18)5-6-12(11)19-14(8)10/h2-7H,1H3. The van der Waals surface area contributed by atoms with E-state index < -0.39 is 4.92 Å². The van der Waals surface area contributed by atoms with E-state index in [0.717, 1.165) is 5.56 Å². The van der Waals surface area contributed by atoms with E-state index in [9.17, 15) is 14.9 Å². The molecule has 0 fully saturated rings. The molecular formula is C14H9NO4. The van der Waals surface area contributed by atoms with Crippen LogP contribution in [0.1, 0.15) is 5.56 Å². The normalized spacial score (nSPS) is 11.0. The Kier molecular flexibility index (Phi) is 2.35. The molecular weight excluding hydrogens is 246 g/mol. The van der Waals surface area contributed by atoms with Gasteiger partial charge < -0.3 is 4.42 Å². The second kappa shape index (κ2) is 3.91. The molecule has 0 aliphatic heterocycles. The van der Waals surface area contributed by atoms with E-state index in [1.807, 2.05) is 13.0 Å². The highest BCUT2D eigenvalue weighted by molar-refractivity contribution is 5.91. The summed E-state index contributed by atoms with van der Waals surface area (Å²) in [6.07, 6.45) is 0. The molecule has 19 heavy (non-hydrogen) atoms. The zero-order valence-corrected chi connectivity index (χ0v) is 10.0. The largest absolute Gasteiger partial charge is 0.456 e. The van der Waals surface area contributed by atoms with Gasteiger partial charge in [0.1, 0.15) is 11.2 Å². The fourth-order valence-corrected chi connectivity index (χ4v) is 2.12. The van der Waals surface area contributed by atoms with Crippen molar-refractivity contribution >= 4 is 27.6 Å². The van der Waals surface area contributed by atoms with Crippen molar-refractivity contribution in [3.63, 3.8) is 0 Å². The van der Waals surface area contributed by atoms with Gasteiger partial charge in [0.05, 0.1) is 15.7 Å².